The molecule has 0 atom stereocenters. The minimum atomic E-state index is -0.00838. The molecule has 0 fully saturated rings. The number of aromatic nitrogens is 1. The highest BCUT2D eigenvalue weighted by atomic mass is 16.5. The molecule has 86 valence electrons. The molecule has 0 aliphatic carbocycles. The summed E-state index contributed by atoms with van der Waals surface area (Å²) in [5, 5.41) is 20.4. The Labute approximate surface area is 93.7 Å². The number of nitrogens with two attached hydrogens (primary N) is 1. The summed E-state index contributed by atoms with van der Waals surface area (Å²) < 4.78 is 5.21. The number of nitrogens with zero attached hydrogens (tertiary/aromatic N) is 2. The summed E-state index contributed by atoms with van der Waals surface area (Å²) >= 11 is 0. The maximum Gasteiger partial charge on any atom is 0.235 e. The molecule has 6 nitrogen and oxygen atoms in total. The minimum Gasteiger partial charge on any atom is -0.477 e. The van der Waals surface area contributed by atoms with Gasteiger partial charge in [-0.15, -0.1) is 0 Å². The van der Waals surface area contributed by atoms with Crippen LogP contribution in [0.1, 0.15) is 12.5 Å². The van der Waals surface area contributed by atoms with Gasteiger partial charge in [0.1, 0.15) is 17.5 Å². The van der Waals surface area contributed by atoms with Gasteiger partial charge in [0.2, 0.25) is 5.88 Å². The Morgan fingerprint density at radius 3 is 3.00 bits per heavy atom. The normalized spacial score (nSPS) is 9.56. The summed E-state index contributed by atoms with van der Waals surface area (Å²) in [5.74, 6) is 0.694. The lowest BCUT2D eigenvalue weighted by Gasteiger charge is -2.10. The van der Waals surface area contributed by atoms with Crippen molar-refractivity contribution in [3.63, 3.8) is 0 Å². The Hall–Kier alpha value is -2.00. The molecule has 0 radical (unpaired) electrons. The number of aliphatic hydroxyl groups is 1. The second-order valence-corrected chi connectivity index (χ2v) is 2.97. The van der Waals surface area contributed by atoms with Crippen LogP contribution in [0.5, 0.6) is 5.88 Å². The van der Waals surface area contributed by atoms with Gasteiger partial charge >= 0.3 is 0 Å². The van der Waals surface area contributed by atoms with Crippen LogP contribution < -0.4 is 15.8 Å². The molecule has 0 saturated heterocycles. The Bertz CT molecular complexity index is 401. The van der Waals surface area contributed by atoms with Crippen molar-refractivity contribution < 1.29 is 9.84 Å². The molecule has 1 heterocycles. The van der Waals surface area contributed by atoms with Gasteiger partial charge in [-0.05, 0) is 6.92 Å². The first-order chi connectivity index (χ1) is 7.72. The van der Waals surface area contributed by atoms with Gasteiger partial charge in [0.25, 0.3) is 0 Å². The molecule has 0 bridgehead atoms. The van der Waals surface area contributed by atoms with Crippen LogP contribution in [0, 0.1) is 11.3 Å². The molecule has 16 heavy (non-hydrogen) atoms. The van der Waals surface area contributed by atoms with Crippen molar-refractivity contribution in [2.45, 2.75) is 6.92 Å². The number of hydrogen-bond acceptors (Lipinski definition) is 6. The van der Waals surface area contributed by atoms with Crippen LogP contribution >= 0.6 is 0 Å². The molecule has 0 spiro atoms. The summed E-state index contributed by atoms with van der Waals surface area (Å²) in [7, 11) is 0. The van der Waals surface area contributed by atoms with Crippen LogP contribution in [-0.4, -0.2) is 29.8 Å². The second-order valence-electron chi connectivity index (χ2n) is 2.97. The van der Waals surface area contributed by atoms with E-state index in [2.05, 4.69) is 10.3 Å². The van der Waals surface area contributed by atoms with E-state index < -0.39 is 0 Å². The molecule has 0 aliphatic rings. The smallest absolute Gasteiger partial charge is 0.235 e. The summed E-state index contributed by atoms with van der Waals surface area (Å²) in [6, 6.07) is 3.48. The summed E-state index contributed by atoms with van der Waals surface area (Å²) in [5.41, 5.74) is 6.23. The molecule has 0 aliphatic heterocycles. The fourth-order valence-electron chi connectivity index (χ4n) is 1.17. The highest BCUT2D eigenvalue weighted by Crippen LogP contribution is 2.24. The zero-order valence-electron chi connectivity index (χ0n) is 9.03. The first-order valence-corrected chi connectivity index (χ1v) is 4.91. The molecule has 6 heteroatoms. The first-order valence-electron chi connectivity index (χ1n) is 4.91. The lowest BCUT2D eigenvalue weighted by atomic mass is 10.2. The molecule has 1 aromatic heterocycles. The first kappa shape index (κ1) is 12.1. The topological polar surface area (TPSA) is 104 Å². The number of aliphatic hydroxyl groups excluding tert-OH is 1. The fourth-order valence-corrected chi connectivity index (χ4v) is 1.17. The molecule has 1 aromatic rings. The Morgan fingerprint density at radius 2 is 2.44 bits per heavy atom. The summed E-state index contributed by atoms with van der Waals surface area (Å²) in [6.45, 7) is 2.56. The van der Waals surface area contributed by atoms with Crippen molar-refractivity contribution >= 4 is 11.5 Å². The van der Waals surface area contributed by atoms with Gasteiger partial charge in [-0.2, -0.15) is 10.2 Å². The van der Waals surface area contributed by atoms with Crippen molar-refractivity contribution in [3.8, 4) is 11.9 Å². The fraction of sp³-hybridized carbons (Fsp3) is 0.400. The average molecular weight is 222 g/mol. The lowest BCUT2D eigenvalue weighted by molar-refractivity contribution is 0.310. The zero-order chi connectivity index (χ0) is 12.0. The van der Waals surface area contributed by atoms with E-state index in [1.165, 1.54) is 6.07 Å². The van der Waals surface area contributed by atoms with Crippen molar-refractivity contribution in [3.05, 3.63) is 11.6 Å². The van der Waals surface area contributed by atoms with E-state index in [4.69, 9.17) is 20.8 Å². The monoisotopic (exact) mass is 222 g/mol. The van der Waals surface area contributed by atoms with Gasteiger partial charge < -0.3 is 20.9 Å². The molecule has 4 N–H and O–H groups in total. The Balaban J connectivity index is 3.03. The number of nitrogen functional groups attached to an aromatic ring is 1. The number of ether oxygens (including phenoxy) is 1. The third-order valence-corrected chi connectivity index (χ3v) is 1.83. The molecular weight excluding hydrogens is 208 g/mol. The van der Waals surface area contributed by atoms with E-state index in [0.29, 0.717) is 24.7 Å². The van der Waals surface area contributed by atoms with Crippen LogP contribution in [0.15, 0.2) is 6.07 Å². The predicted molar refractivity (Wildman–Crippen MR) is 60.1 cm³/mol. The molecule has 0 aromatic carbocycles. The maximum absolute atomic E-state index is 8.88. The number of nitriles is 1. The summed E-state index contributed by atoms with van der Waals surface area (Å²) in [6.07, 6.45) is 0. The SMILES string of the molecule is CCOc1nc(NCCO)cc(N)c1C#N. The maximum atomic E-state index is 8.88. The molecule has 0 amide bonds. The number of pyridine rings is 1. The second kappa shape index (κ2) is 5.78. The van der Waals surface area contributed by atoms with Crippen molar-refractivity contribution in [1.82, 2.24) is 4.98 Å². The molecule has 0 unspecified atom stereocenters. The van der Waals surface area contributed by atoms with E-state index in [1.54, 1.807) is 6.92 Å². The quantitative estimate of drug-likeness (QED) is 0.663. The van der Waals surface area contributed by atoms with Gasteiger partial charge in [0.05, 0.1) is 18.9 Å². The van der Waals surface area contributed by atoms with Crippen molar-refractivity contribution in [2.24, 2.45) is 0 Å². The van der Waals surface area contributed by atoms with Crippen LogP contribution in [0.3, 0.4) is 0 Å². The van der Waals surface area contributed by atoms with Crippen molar-refractivity contribution in [1.29, 1.82) is 5.26 Å². The third kappa shape index (κ3) is 2.74. The predicted octanol–water partition coefficient (Wildman–Crippen LogP) is 0.338. The highest BCUT2D eigenvalue weighted by Gasteiger charge is 2.11. The van der Waals surface area contributed by atoms with Gasteiger partial charge in [-0.3, -0.25) is 0 Å². The van der Waals surface area contributed by atoms with Crippen LogP contribution in [0.4, 0.5) is 11.5 Å². The van der Waals surface area contributed by atoms with Crippen LogP contribution in [0.2, 0.25) is 0 Å². The summed E-state index contributed by atoms with van der Waals surface area (Å²) in [4.78, 5) is 4.08. The van der Waals surface area contributed by atoms with E-state index in [-0.39, 0.29) is 18.1 Å². The zero-order valence-corrected chi connectivity index (χ0v) is 9.03. The highest BCUT2D eigenvalue weighted by molar-refractivity contribution is 5.64. The Morgan fingerprint density at radius 1 is 1.69 bits per heavy atom. The Kier molecular flexibility index (Phi) is 4.36. The standard InChI is InChI=1S/C10H14N4O2/c1-2-16-10-7(6-11)8(12)5-9(14-10)13-3-4-15/h5,15H,2-4H2,1H3,(H3,12,13,14). The van der Waals surface area contributed by atoms with Gasteiger partial charge in [0, 0.05) is 12.6 Å². The molecule has 0 saturated carbocycles. The van der Waals surface area contributed by atoms with Crippen LogP contribution in [0.25, 0.3) is 0 Å². The van der Waals surface area contributed by atoms with Gasteiger partial charge in [0.15, 0.2) is 0 Å². The van der Waals surface area contributed by atoms with E-state index in [9.17, 15) is 0 Å². The van der Waals surface area contributed by atoms with Crippen molar-refractivity contribution in [2.75, 3.05) is 30.8 Å². The van der Waals surface area contributed by atoms with E-state index in [1.807, 2.05) is 6.07 Å². The number of nitrogens with one attached hydrogen (secondary N) is 1. The van der Waals surface area contributed by atoms with E-state index >= 15 is 0 Å². The van der Waals surface area contributed by atoms with Gasteiger partial charge in [-0.1, -0.05) is 0 Å². The lowest BCUT2D eigenvalue weighted by Crippen LogP contribution is -2.09. The minimum absolute atomic E-state index is 0.00838. The van der Waals surface area contributed by atoms with Gasteiger partial charge in [-0.25, -0.2) is 0 Å². The molecular formula is C10H14N4O2. The van der Waals surface area contributed by atoms with Crippen LogP contribution in [-0.2, 0) is 0 Å². The molecule has 1 rings (SSSR count). The number of anilines is 2. The third-order valence-electron chi connectivity index (χ3n) is 1.83. The average Bonchev–Trinajstić information content (AvgIpc) is 2.26. The largest absolute Gasteiger partial charge is 0.477 e. The number of hydrogen-bond donors (Lipinski definition) is 3. The van der Waals surface area contributed by atoms with E-state index in [0.717, 1.165) is 0 Å². The number of rotatable bonds is 5.